The molecular formula is C11H20O2. The van der Waals surface area contributed by atoms with Crippen LogP contribution in [0.4, 0.5) is 0 Å². The minimum Gasteiger partial charge on any atom is -0.462 e. The number of unbranched alkanes of at least 4 members (excludes halogenated alkanes) is 5. The summed E-state index contributed by atoms with van der Waals surface area (Å²) < 4.78 is 4.93. The molecule has 0 amide bonds. The molecule has 1 saturated heterocycles. The zero-order valence-electron chi connectivity index (χ0n) is 8.55. The van der Waals surface area contributed by atoms with Crippen molar-refractivity contribution >= 4 is 5.97 Å². The van der Waals surface area contributed by atoms with E-state index in [-0.39, 0.29) is 12.1 Å². The van der Waals surface area contributed by atoms with E-state index in [4.69, 9.17) is 4.74 Å². The van der Waals surface area contributed by atoms with Crippen LogP contribution in [0.3, 0.4) is 0 Å². The molecule has 76 valence electrons. The molecule has 2 nitrogen and oxygen atoms in total. The normalized spacial score (nSPS) is 21.0. The van der Waals surface area contributed by atoms with Gasteiger partial charge in [-0.15, -0.1) is 0 Å². The van der Waals surface area contributed by atoms with Crippen LogP contribution in [0.25, 0.3) is 0 Å². The van der Waals surface area contributed by atoms with Crippen LogP contribution in [0.1, 0.15) is 58.3 Å². The van der Waals surface area contributed by atoms with E-state index in [0.717, 1.165) is 6.42 Å². The van der Waals surface area contributed by atoms with Crippen molar-refractivity contribution in [2.75, 3.05) is 0 Å². The number of hydrogen-bond acceptors (Lipinski definition) is 2. The minimum atomic E-state index is -0.0176. The van der Waals surface area contributed by atoms with Gasteiger partial charge in [-0.25, -0.2) is 0 Å². The first-order chi connectivity index (χ1) is 6.33. The average molecular weight is 184 g/mol. The standard InChI is InChI=1S/C11H20O2/c1-2-3-4-5-6-7-8-10-9-11(12)13-10/h10H,2-9H2,1H3. The Balaban J connectivity index is 1.77. The third kappa shape index (κ3) is 4.30. The van der Waals surface area contributed by atoms with Crippen molar-refractivity contribution < 1.29 is 9.53 Å². The van der Waals surface area contributed by atoms with E-state index in [1.54, 1.807) is 0 Å². The Morgan fingerprint density at radius 3 is 2.46 bits per heavy atom. The molecule has 0 spiro atoms. The van der Waals surface area contributed by atoms with Gasteiger partial charge in [0, 0.05) is 0 Å². The molecule has 0 bridgehead atoms. The molecule has 0 saturated carbocycles. The summed E-state index contributed by atoms with van der Waals surface area (Å²) >= 11 is 0. The van der Waals surface area contributed by atoms with Crippen LogP contribution in [0.2, 0.25) is 0 Å². The van der Waals surface area contributed by atoms with Crippen molar-refractivity contribution in [1.82, 2.24) is 0 Å². The van der Waals surface area contributed by atoms with Gasteiger partial charge >= 0.3 is 5.97 Å². The number of rotatable bonds is 7. The zero-order chi connectivity index (χ0) is 9.52. The van der Waals surface area contributed by atoms with E-state index in [2.05, 4.69) is 6.92 Å². The van der Waals surface area contributed by atoms with Crippen LogP contribution in [0.15, 0.2) is 0 Å². The lowest BCUT2D eigenvalue weighted by atomic mass is 10.0. The molecule has 1 heterocycles. The monoisotopic (exact) mass is 184 g/mol. The smallest absolute Gasteiger partial charge is 0.309 e. The molecule has 0 aromatic rings. The predicted octanol–water partition coefficient (Wildman–Crippen LogP) is 3.05. The highest BCUT2D eigenvalue weighted by Crippen LogP contribution is 2.19. The van der Waals surface area contributed by atoms with Crippen molar-refractivity contribution in [1.29, 1.82) is 0 Å². The summed E-state index contributed by atoms with van der Waals surface area (Å²) in [4.78, 5) is 10.5. The molecule has 1 fully saturated rings. The summed E-state index contributed by atoms with van der Waals surface area (Å²) in [5.74, 6) is -0.0176. The van der Waals surface area contributed by atoms with Gasteiger partial charge in [-0.3, -0.25) is 4.79 Å². The van der Waals surface area contributed by atoms with Crippen LogP contribution >= 0.6 is 0 Å². The molecule has 1 unspecified atom stereocenters. The van der Waals surface area contributed by atoms with Crippen LogP contribution in [0, 0.1) is 0 Å². The lowest BCUT2D eigenvalue weighted by Crippen LogP contribution is -2.32. The number of carbonyl (C=O) groups excluding carboxylic acids is 1. The van der Waals surface area contributed by atoms with Gasteiger partial charge in [0.05, 0.1) is 6.42 Å². The molecule has 0 N–H and O–H groups in total. The third-order valence-corrected chi connectivity index (χ3v) is 2.57. The van der Waals surface area contributed by atoms with Crippen LogP contribution in [-0.4, -0.2) is 12.1 Å². The van der Waals surface area contributed by atoms with Crippen molar-refractivity contribution in [3.8, 4) is 0 Å². The van der Waals surface area contributed by atoms with Crippen molar-refractivity contribution in [3.63, 3.8) is 0 Å². The summed E-state index contributed by atoms with van der Waals surface area (Å²) in [5, 5.41) is 0. The molecule has 1 atom stereocenters. The Bertz CT molecular complexity index is 146. The second-order valence-corrected chi connectivity index (χ2v) is 3.87. The van der Waals surface area contributed by atoms with E-state index < -0.39 is 0 Å². The second-order valence-electron chi connectivity index (χ2n) is 3.87. The van der Waals surface area contributed by atoms with Crippen LogP contribution in [-0.2, 0) is 9.53 Å². The molecule has 0 aromatic carbocycles. The molecule has 1 aliphatic rings. The molecule has 1 aliphatic heterocycles. The van der Waals surface area contributed by atoms with Gasteiger partial charge in [0.25, 0.3) is 0 Å². The van der Waals surface area contributed by atoms with Gasteiger partial charge in [0.2, 0.25) is 0 Å². The highest BCUT2D eigenvalue weighted by atomic mass is 16.6. The number of ether oxygens (including phenoxy) is 1. The Kier molecular flexibility index (Phi) is 4.87. The maximum atomic E-state index is 10.5. The Morgan fingerprint density at radius 2 is 1.85 bits per heavy atom. The Morgan fingerprint density at radius 1 is 1.23 bits per heavy atom. The van der Waals surface area contributed by atoms with E-state index in [0.29, 0.717) is 6.42 Å². The molecule has 13 heavy (non-hydrogen) atoms. The number of cyclic esters (lactones) is 1. The number of esters is 1. The summed E-state index contributed by atoms with van der Waals surface area (Å²) in [6.45, 7) is 2.23. The summed E-state index contributed by atoms with van der Waals surface area (Å²) in [5.41, 5.74) is 0. The highest BCUT2D eigenvalue weighted by molar-refractivity contribution is 5.75. The molecule has 0 aromatic heterocycles. The van der Waals surface area contributed by atoms with E-state index in [1.807, 2.05) is 0 Å². The molecule has 1 rings (SSSR count). The van der Waals surface area contributed by atoms with Gasteiger partial charge in [-0.05, 0) is 12.8 Å². The fraction of sp³-hybridized carbons (Fsp3) is 0.909. The van der Waals surface area contributed by atoms with Gasteiger partial charge < -0.3 is 4.74 Å². The van der Waals surface area contributed by atoms with Crippen LogP contribution in [0.5, 0.6) is 0 Å². The molecular weight excluding hydrogens is 164 g/mol. The highest BCUT2D eigenvalue weighted by Gasteiger charge is 2.27. The first kappa shape index (κ1) is 10.6. The topological polar surface area (TPSA) is 26.3 Å². The first-order valence-electron chi connectivity index (χ1n) is 5.52. The van der Waals surface area contributed by atoms with Crippen molar-refractivity contribution in [2.24, 2.45) is 0 Å². The van der Waals surface area contributed by atoms with E-state index in [9.17, 15) is 4.79 Å². The minimum absolute atomic E-state index is 0.0176. The molecule has 0 radical (unpaired) electrons. The lowest BCUT2D eigenvalue weighted by Gasteiger charge is -2.25. The molecule has 0 aliphatic carbocycles. The van der Waals surface area contributed by atoms with Gasteiger partial charge in [0.1, 0.15) is 6.10 Å². The second kappa shape index (κ2) is 6.01. The fourth-order valence-corrected chi connectivity index (χ4v) is 1.68. The predicted molar refractivity (Wildman–Crippen MR) is 52.5 cm³/mol. The third-order valence-electron chi connectivity index (χ3n) is 2.57. The number of hydrogen-bond donors (Lipinski definition) is 0. The lowest BCUT2D eigenvalue weighted by molar-refractivity contribution is -0.169. The molecule has 2 heteroatoms. The van der Waals surface area contributed by atoms with Gasteiger partial charge in [0.15, 0.2) is 0 Å². The Hall–Kier alpha value is -0.530. The van der Waals surface area contributed by atoms with Crippen molar-refractivity contribution in [3.05, 3.63) is 0 Å². The zero-order valence-corrected chi connectivity index (χ0v) is 8.55. The summed E-state index contributed by atoms with van der Waals surface area (Å²) in [6, 6.07) is 0. The van der Waals surface area contributed by atoms with Gasteiger partial charge in [-0.2, -0.15) is 0 Å². The average Bonchev–Trinajstić information content (AvgIpc) is 2.07. The van der Waals surface area contributed by atoms with Crippen molar-refractivity contribution in [2.45, 2.75) is 64.4 Å². The Labute approximate surface area is 80.7 Å². The van der Waals surface area contributed by atoms with Crippen LogP contribution < -0.4 is 0 Å². The van der Waals surface area contributed by atoms with Gasteiger partial charge in [-0.1, -0.05) is 39.0 Å². The summed E-state index contributed by atoms with van der Waals surface area (Å²) in [6.07, 6.45) is 9.90. The maximum absolute atomic E-state index is 10.5. The van der Waals surface area contributed by atoms with E-state index in [1.165, 1.54) is 38.5 Å². The number of carbonyl (C=O) groups is 1. The summed E-state index contributed by atoms with van der Waals surface area (Å²) in [7, 11) is 0. The SMILES string of the molecule is CCCCCCCCC1CC(=O)O1. The largest absolute Gasteiger partial charge is 0.462 e. The first-order valence-corrected chi connectivity index (χ1v) is 5.52. The fourth-order valence-electron chi connectivity index (χ4n) is 1.68. The van der Waals surface area contributed by atoms with E-state index >= 15 is 0 Å². The quantitative estimate of drug-likeness (QED) is 0.449. The maximum Gasteiger partial charge on any atom is 0.309 e.